The molecule has 0 saturated carbocycles. The maximum absolute atomic E-state index is 12.9. The smallest absolute Gasteiger partial charge is 0.226 e. The van der Waals surface area contributed by atoms with Crippen LogP contribution in [0.5, 0.6) is 0 Å². The number of hydrogen-bond donors (Lipinski definition) is 2. The van der Waals surface area contributed by atoms with Crippen LogP contribution in [-0.4, -0.2) is 48.6 Å². The molecule has 1 saturated heterocycles. The number of carbonyl (C=O) groups excluding carboxylic acids is 1. The van der Waals surface area contributed by atoms with Crippen LogP contribution >= 0.6 is 0 Å². The van der Waals surface area contributed by atoms with E-state index in [-0.39, 0.29) is 17.6 Å². The molecule has 2 aliphatic rings. The molecule has 0 atom stereocenters. The quantitative estimate of drug-likeness (QED) is 0.656. The van der Waals surface area contributed by atoms with Crippen molar-refractivity contribution in [2.75, 3.05) is 23.9 Å². The molecule has 182 valence electrons. The van der Waals surface area contributed by atoms with Gasteiger partial charge in [0.1, 0.15) is 0 Å². The monoisotopic (exact) mass is 483 g/mol. The molecule has 8 nitrogen and oxygen atoms in total. The van der Waals surface area contributed by atoms with E-state index in [4.69, 9.17) is 0 Å². The summed E-state index contributed by atoms with van der Waals surface area (Å²) >= 11 is 0. The van der Waals surface area contributed by atoms with Gasteiger partial charge in [-0.1, -0.05) is 42.5 Å². The van der Waals surface area contributed by atoms with E-state index in [0.717, 1.165) is 35.5 Å². The minimum atomic E-state index is -3.14. The first kappa shape index (κ1) is 24.2. The van der Waals surface area contributed by atoms with E-state index in [2.05, 4.69) is 16.2 Å². The molecular formula is C25H33N5O3S. The van der Waals surface area contributed by atoms with Crippen LogP contribution in [0.4, 0.5) is 5.69 Å². The lowest BCUT2D eigenvalue weighted by molar-refractivity contribution is -0.131. The number of hydrogen-bond acceptors (Lipinski definition) is 7. The highest BCUT2D eigenvalue weighted by atomic mass is 32.2. The van der Waals surface area contributed by atoms with Gasteiger partial charge in [0.05, 0.1) is 22.6 Å². The second kappa shape index (κ2) is 9.76. The molecule has 2 aliphatic heterocycles. The third-order valence-corrected chi connectivity index (χ3v) is 9.25. The topological polar surface area (TPSA) is 94.1 Å². The minimum Gasteiger partial charge on any atom is -0.342 e. The fourth-order valence-electron chi connectivity index (χ4n) is 4.16. The Bertz CT molecular complexity index is 1130. The van der Waals surface area contributed by atoms with Crippen molar-refractivity contribution in [2.24, 2.45) is 11.0 Å². The summed E-state index contributed by atoms with van der Waals surface area (Å²) in [6, 6.07) is 17.7. The van der Waals surface area contributed by atoms with Gasteiger partial charge in [0.2, 0.25) is 5.91 Å². The fourth-order valence-corrected chi connectivity index (χ4v) is 5.61. The summed E-state index contributed by atoms with van der Waals surface area (Å²) in [5.41, 5.74) is 8.65. The SMILES string of the molecule is CC(C)(C)S(=O)(=O)CC1CCN(C(=O)Cc2ccc(C3=NNNN3c3ccccc3)cc2)CC1. The van der Waals surface area contributed by atoms with Crippen LogP contribution in [0.1, 0.15) is 44.7 Å². The van der Waals surface area contributed by atoms with Gasteiger partial charge in [0, 0.05) is 18.7 Å². The number of benzene rings is 2. The molecule has 34 heavy (non-hydrogen) atoms. The van der Waals surface area contributed by atoms with E-state index in [1.54, 1.807) is 20.8 Å². The number of nitrogens with zero attached hydrogens (tertiary/aromatic N) is 3. The molecule has 2 aromatic carbocycles. The van der Waals surface area contributed by atoms with Crippen LogP contribution in [0.15, 0.2) is 59.7 Å². The van der Waals surface area contributed by atoms with E-state index in [1.807, 2.05) is 64.5 Å². The number of likely N-dealkylation sites (tertiary alicyclic amines) is 1. The second-order valence-electron chi connectivity index (χ2n) is 9.92. The molecule has 0 aromatic heterocycles. The van der Waals surface area contributed by atoms with Crippen LogP contribution < -0.4 is 16.1 Å². The average molecular weight is 484 g/mol. The average Bonchev–Trinajstić information content (AvgIpc) is 3.30. The van der Waals surface area contributed by atoms with E-state index in [1.165, 1.54) is 0 Å². The Hall–Kier alpha value is -2.91. The number of amides is 1. The Morgan fingerprint density at radius 3 is 2.29 bits per heavy atom. The van der Waals surface area contributed by atoms with Crippen LogP contribution in [-0.2, 0) is 21.1 Å². The van der Waals surface area contributed by atoms with Crippen molar-refractivity contribution in [1.29, 1.82) is 0 Å². The number of piperidine rings is 1. The summed E-state index contributed by atoms with van der Waals surface area (Å²) in [6.45, 7) is 6.47. The summed E-state index contributed by atoms with van der Waals surface area (Å²) < 4.78 is 24.3. The number of rotatable bonds is 6. The Labute approximate surface area is 201 Å². The van der Waals surface area contributed by atoms with E-state index in [0.29, 0.717) is 19.5 Å². The number of sulfone groups is 1. The molecule has 4 rings (SSSR count). The summed E-state index contributed by atoms with van der Waals surface area (Å²) in [5.74, 6) is 1.15. The highest BCUT2D eigenvalue weighted by Crippen LogP contribution is 2.25. The minimum absolute atomic E-state index is 0.0809. The molecule has 2 N–H and O–H groups in total. The van der Waals surface area contributed by atoms with Crippen molar-refractivity contribution in [3.63, 3.8) is 0 Å². The van der Waals surface area contributed by atoms with Gasteiger partial charge in [-0.05, 0) is 57.2 Å². The Balaban J connectivity index is 1.32. The lowest BCUT2D eigenvalue weighted by Crippen LogP contribution is -2.42. The molecule has 2 heterocycles. The maximum Gasteiger partial charge on any atom is 0.226 e. The third kappa shape index (κ3) is 5.42. The largest absolute Gasteiger partial charge is 0.342 e. The molecule has 2 aromatic rings. The lowest BCUT2D eigenvalue weighted by Gasteiger charge is -2.33. The van der Waals surface area contributed by atoms with Crippen LogP contribution in [0.2, 0.25) is 0 Å². The number of carbonyl (C=O) groups is 1. The van der Waals surface area contributed by atoms with Gasteiger partial charge in [0.15, 0.2) is 15.7 Å². The number of nitrogens with one attached hydrogen (secondary N) is 2. The van der Waals surface area contributed by atoms with Crippen LogP contribution in [0, 0.1) is 5.92 Å². The van der Waals surface area contributed by atoms with Crippen molar-refractivity contribution in [3.05, 3.63) is 65.7 Å². The highest BCUT2D eigenvalue weighted by molar-refractivity contribution is 7.92. The standard InChI is InChI=1S/C25H33N5O3S/c1-25(2,3)34(32,33)18-20-13-15-29(16-14-20)23(31)17-19-9-11-21(12-10-19)24-26-27-28-30(24)22-7-5-4-6-8-22/h4-12,20,27-28H,13-18H2,1-3H3. The van der Waals surface area contributed by atoms with Crippen molar-refractivity contribution in [1.82, 2.24) is 16.0 Å². The first-order chi connectivity index (χ1) is 16.1. The van der Waals surface area contributed by atoms with E-state index < -0.39 is 14.6 Å². The first-order valence-electron chi connectivity index (χ1n) is 11.7. The summed E-state index contributed by atoms with van der Waals surface area (Å²) in [4.78, 5) is 14.7. The molecule has 0 bridgehead atoms. The molecule has 1 amide bonds. The van der Waals surface area contributed by atoms with E-state index >= 15 is 0 Å². The predicted molar refractivity (Wildman–Crippen MR) is 135 cm³/mol. The molecule has 0 unspecified atom stereocenters. The molecular weight excluding hydrogens is 450 g/mol. The van der Waals surface area contributed by atoms with Crippen molar-refractivity contribution < 1.29 is 13.2 Å². The lowest BCUT2D eigenvalue weighted by atomic mass is 9.98. The fraction of sp³-hybridized carbons (Fsp3) is 0.440. The third-order valence-electron chi connectivity index (χ3n) is 6.47. The van der Waals surface area contributed by atoms with Crippen molar-refractivity contribution in [2.45, 2.75) is 44.8 Å². The second-order valence-corrected chi connectivity index (χ2v) is 12.7. The first-order valence-corrected chi connectivity index (χ1v) is 13.3. The number of hydrazine groups is 2. The number of anilines is 1. The van der Waals surface area contributed by atoms with Crippen LogP contribution in [0.3, 0.4) is 0 Å². The Kier molecular flexibility index (Phi) is 6.95. The Morgan fingerprint density at radius 1 is 1.03 bits per heavy atom. The summed E-state index contributed by atoms with van der Waals surface area (Å²) in [5, 5.41) is 6.20. The number of hydrazone groups is 1. The molecule has 0 aliphatic carbocycles. The molecule has 0 radical (unpaired) electrons. The van der Waals surface area contributed by atoms with Crippen LogP contribution in [0.25, 0.3) is 0 Å². The summed E-state index contributed by atoms with van der Waals surface area (Å²) in [7, 11) is -3.14. The van der Waals surface area contributed by atoms with Gasteiger partial charge in [0.25, 0.3) is 0 Å². The highest BCUT2D eigenvalue weighted by Gasteiger charge is 2.33. The van der Waals surface area contributed by atoms with Gasteiger partial charge >= 0.3 is 0 Å². The van der Waals surface area contributed by atoms with Gasteiger partial charge in [-0.15, -0.1) is 10.6 Å². The zero-order valence-electron chi connectivity index (χ0n) is 20.0. The van der Waals surface area contributed by atoms with Gasteiger partial charge in [-0.2, -0.15) is 0 Å². The molecule has 9 heteroatoms. The predicted octanol–water partition coefficient (Wildman–Crippen LogP) is 2.87. The van der Waals surface area contributed by atoms with Gasteiger partial charge < -0.3 is 4.90 Å². The van der Waals surface area contributed by atoms with E-state index in [9.17, 15) is 13.2 Å². The summed E-state index contributed by atoms with van der Waals surface area (Å²) in [6.07, 6.45) is 1.79. The number of para-hydroxylation sites is 1. The zero-order chi connectivity index (χ0) is 24.3. The van der Waals surface area contributed by atoms with Crippen molar-refractivity contribution >= 4 is 27.3 Å². The van der Waals surface area contributed by atoms with Gasteiger partial charge in [-0.3, -0.25) is 4.79 Å². The van der Waals surface area contributed by atoms with Crippen molar-refractivity contribution in [3.8, 4) is 0 Å². The normalized spacial score (nSPS) is 17.4. The Morgan fingerprint density at radius 2 is 1.68 bits per heavy atom. The van der Waals surface area contributed by atoms with Gasteiger partial charge in [-0.25, -0.2) is 19.0 Å². The maximum atomic E-state index is 12.9. The number of amidine groups is 1. The molecule has 0 spiro atoms. The molecule has 1 fully saturated rings. The zero-order valence-corrected chi connectivity index (χ0v) is 20.8.